The van der Waals surface area contributed by atoms with Crippen LogP contribution >= 0.6 is 0 Å². The fourth-order valence-electron chi connectivity index (χ4n) is 2.27. The molecule has 1 saturated carbocycles. The van der Waals surface area contributed by atoms with E-state index < -0.39 is 5.41 Å². The van der Waals surface area contributed by atoms with Crippen LogP contribution in [0.5, 0.6) is 0 Å². The maximum absolute atomic E-state index is 12.3. The highest BCUT2D eigenvalue weighted by atomic mass is 16.2. The first-order valence-electron chi connectivity index (χ1n) is 7.65. The van der Waals surface area contributed by atoms with Gasteiger partial charge < -0.3 is 10.6 Å². The van der Waals surface area contributed by atoms with Gasteiger partial charge >= 0.3 is 0 Å². The van der Waals surface area contributed by atoms with Crippen LogP contribution in [0.15, 0.2) is 30.3 Å². The van der Waals surface area contributed by atoms with E-state index in [9.17, 15) is 9.59 Å². The van der Waals surface area contributed by atoms with Crippen LogP contribution in [0, 0.1) is 11.3 Å². The van der Waals surface area contributed by atoms with Gasteiger partial charge in [0, 0.05) is 13.1 Å². The molecule has 0 bridgehead atoms. The normalized spacial score (nSPS) is 15.6. The SMILES string of the molecule is CC(C)CCNC(=O)C1(C(=O)NCc2ccccc2)CC1. The Hall–Kier alpha value is -1.84. The minimum absolute atomic E-state index is 0.117. The first-order chi connectivity index (χ1) is 10.0. The average Bonchev–Trinajstić information content (AvgIpc) is 3.27. The molecule has 2 amide bonds. The summed E-state index contributed by atoms with van der Waals surface area (Å²) in [4.78, 5) is 24.5. The zero-order valence-electron chi connectivity index (χ0n) is 12.8. The third-order valence-corrected chi connectivity index (χ3v) is 3.92. The van der Waals surface area contributed by atoms with Gasteiger partial charge in [-0.05, 0) is 30.7 Å². The van der Waals surface area contributed by atoms with Crippen molar-refractivity contribution in [3.63, 3.8) is 0 Å². The first-order valence-corrected chi connectivity index (χ1v) is 7.65. The Bertz CT molecular complexity index is 493. The minimum Gasteiger partial charge on any atom is -0.355 e. The molecule has 0 radical (unpaired) electrons. The molecule has 21 heavy (non-hydrogen) atoms. The lowest BCUT2D eigenvalue weighted by atomic mass is 10.0. The number of carbonyl (C=O) groups excluding carboxylic acids is 2. The van der Waals surface area contributed by atoms with Gasteiger partial charge in [0.05, 0.1) is 0 Å². The number of hydrogen-bond donors (Lipinski definition) is 2. The lowest BCUT2D eigenvalue weighted by Crippen LogP contribution is -2.43. The summed E-state index contributed by atoms with van der Waals surface area (Å²) in [7, 11) is 0. The molecule has 4 heteroatoms. The predicted octanol–water partition coefficient (Wildman–Crippen LogP) is 2.25. The lowest BCUT2D eigenvalue weighted by Gasteiger charge is -2.16. The number of rotatable bonds is 7. The summed E-state index contributed by atoms with van der Waals surface area (Å²) >= 11 is 0. The van der Waals surface area contributed by atoms with Gasteiger partial charge in [0.2, 0.25) is 11.8 Å². The van der Waals surface area contributed by atoms with Crippen LogP contribution in [0.3, 0.4) is 0 Å². The van der Waals surface area contributed by atoms with Crippen molar-refractivity contribution in [1.82, 2.24) is 10.6 Å². The van der Waals surface area contributed by atoms with E-state index in [0.29, 0.717) is 31.8 Å². The van der Waals surface area contributed by atoms with Crippen molar-refractivity contribution in [3.8, 4) is 0 Å². The van der Waals surface area contributed by atoms with Gasteiger partial charge in [-0.3, -0.25) is 9.59 Å². The summed E-state index contributed by atoms with van der Waals surface area (Å²) in [5, 5.41) is 5.78. The quantitative estimate of drug-likeness (QED) is 0.756. The Kier molecular flexibility index (Phi) is 4.99. The van der Waals surface area contributed by atoms with Crippen LogP contribution in [-0.2, 0) is 16.1 Å². The van der Waals surface area contributed by atoms with Crippen LogP contribution in [0.25, 0.3) is 0 Å². The van der Waals surface area contributed by atoms with Crippen LogP contribution in [0.2, 0.25) is 0 Å². The van der Waals surface area contributed by atoms with E-state index in [1.165, 1.54) is 0 Å². The Labute approximate surface area is 126 Å². The predicted molar refractivity (Wildman–Crippen MR) is 82.4 cm³/mol. The monoisotopic (exact) mass is 288 g/mol. The van der Waals surface area contributed by atoms with Gasteiger partial charge in [0.25, 0.3) is 0 Å². The standard InChI is InChI=1S/C17H24N2O2/c1-13(2)8-11-18-15(20)17(9-10-17)16(21)19-12-14-6-4-3-5-7-14/h3-7,13H,8-12H2,1-2H3,(H,18,20)(H,19,21). The topological polar surface area (TPSA) is 58.2 Å². The molecular formula is C17H24N2O2. The number of nitrogens with one attached hydrogen (secondary N) is 2. The van der Waals surface area contributed by atoms with E-state index in [1.54, 1.807) is 0 Å². The highest BCUT2D eigenvalue weighted by Gasteiger charge is 2.56. The lowest BCUT2D eigenvalue weighted by molar-refractivity contribution is -0.137. The molecular weight excluding hydrogens is 264 g/mol. The second-order valence-electron chi connectivity index (χ2n) is 6.19. The first kappa shape index (κ1) is 15.5. The van der Waals surface area contributed by atoms with Crippen molar-refractivity contribution in [2.24, 2.45) is 11.3 Å². The van der Waals surface area contributed by atoms with Crippen LogP contribution in [0.1, 0.15) is 38.7 Å². The van der Waals surface area contributed by atoms with E-state index >= 15 is 0 Å². The molecule has 0 saturated heterocycles. The highest BCUT2D eigenvalue weighted by molar-refractivity contribution is 6.07. The average molecular weight is 288 g/mol. The van der Waals surface area contributed by atoms with Gasteiger partial charge in [-0.15, -0.1) is 0 Å². The maximum Gasteiger partial charge on any atom is 0.235 e. The summed E-state index contributed by atoms with van der Waals surface area (Å²) in [6.07, 6.45) is 2.25. The molecule has 0 spiro atoms. The molecule has 1 aliphatic rings. The summed E-state index contributed by atoms with van der Waals surface area (Å²) < 4.78 is 0. The molecule has 0 atom stereocenters. The fraction of sp³-hybridized carbons (Fsp3) is 0.529. The summed E-state index contributed by atoms with van der Waals surface area (Å²) in [6, 6.07) is 9.74. The molecule has 0 unspecified atom stereocenters. The van der Waals surface area contributed by atoms with E-state index in [0.717, 1.165) is 12.0 Å². The smallest absolute Gasteiger partial charge is 0.235 e. The van der Waals surface area contributed by atoms with E-state index in [1.807, 2.05) is 30.3 Å². The molecule has 1 aromatic carbocycles. The maximum atomic E-state index is 12.3. The Morgan fingerprint density at radius 2 is 1.71 bits per heavy atom. The summed E-state index contributed by atoms with van der Waals surface area (Å²) in [6.45, 7) is 5.35. The number of amides is 2. The molecule has 2 rings (SSSR count). The van der Waals surface area contributed by atoms with Crippen LogP contribution in [-0.4, -0.2) is 18.4 Å². The Balaban J connectivity index is 1.82. The van der Waals surface area contributed by atoms with E-state index in [2.05, 4.69) is 24.5 Å². The van der Waals surface area contributed by atoms with Gasteiger partial charge in [-0.1, -0.05) is 44.2 Å². The van der Waals surface area contributed by atoms with E-state index in [4.69, 9.17) is 0 Å². The molecule has 2 N–H and O–H groups in total. The highest BCUT2D eigenvalue weighted by Crippen LogP contribution is 2.46. The van der Waals surface area contributed by atoms with Crippen molar-refractivity contribution in [3.05, 3.63) is 35.9 Å². The number of carbonyl (C=O) groups is 2. The second kappa shape index (κ2) is 6.74. The number of hydrogen-bond acceptors (Lipinski definition) is 2. The zero-order valence-corrected chi connectivity index (χ0v) is 12.8. The van der Waals surface area contributed by atoms with Crippen molar-refractivity contribution < 1.29 is 9.59 Å². The van der Waals surface area contributed by atoms with Crippen LogP contribution in [0.4, 0.5) is 0 Å². The van der Waals surface area contributed by atoms with Crippen molar-refractivity contribution in [1.29, 1.82) is 0 Å². The Morgan fingerprint density at radius 1 is 1.10 bits per heavy atom. The zero-order chi connectivity index (χ0) is 15.3. The number of benzene rings is 1. The van der Waals surface area contributed by atoms with Crippen molar-refractivity contribution >= 4 is 11.8 Å². The molecule has 1 aliphatic carbocycles. The minimum atomic E-state index is -0.814. The van der Waals surface area contributed by atoms with Crippen molar-refractivity contribution in [2.45, 2.75) is 39.7 Å². The second-order valence-corrected chi connectivity index (χ2v) is 6.19. The molecule has 1 aromatic rings. The van der Waals surface area contributed by atoms with Gasteiger partial charge in [-0.2, -0.15) is 0 Å². The molecule has 4 nitrogen and oxygen atoms in total. The third kappa shape index (κ3) is 4.06. The molecule has 114 valence electrons. The van der Waals surface area contributed by atoms with Crippen LogP contribution < -0.4 is 10.6 Å². The van der Waals surface area contributed by atoms with E-state index in [-0.39, 0.29) is 11.8 Å². The summed E-state index contributed by atoms with van der Waals surface area (Å²) in [5.74, 6) is 0.287. The largest absolute Gasteiger partial charge is 0.355 e. The Morgan fingerprint density at radius 3 is 2.29 bits per heavy atom. The third-order valence-electron chi connectivity index (χ3n) is 3.92. The van der Waals surface area contributed by atoms with Gasteiger partial charge in [0.15, 0.2) is 0 Å². The fourth-order valence-corrected chi connectivity index (χ4v) is 2.27. The molecule has 1 fully saturated rings. The molecule has 0 heterocycles. The van der Waals surface area contributed by atoms with Crippen molar-refractivity contribution in [2.75, 3.05) is 6.54 Å². The summed E-state index contributed by atoms with van der Waals surface area (Å²) in [5.41, 5.74) is 0.230. The molecule has 0 aromatic heterocycles. The van der Waals surface area contributed by atoms with Gasteiger partial charge in [0.1, 0.15) is 5.41 Å². The van der Waals surface area contributed by atoms with Gasteiger partial charge in [-0.25, -0.2) is 0 Å². The molecule has 0 aliphatic heterocycles.